The zero-order valence-electron chi connectivity index (χ0n) is 9.80. The van der Waals surface area contributed by atoms with Gasteiger partial charge in [-0.25, -0.2) is 8.42 Å². The van der Waals surface area contributed by atoms with Crippen LogP contribution in [0, 0.1) is 0 Å². The van der Waals surface area contributed by atoms with E-state index < -0.39 is 32.0 Å². The molecule has 1 N–H and O–H groups in total. The fraction of sp³-hybridized carbons (Fsp3) is 0.455. The average molecular weight is 279 g/mol. The second-order valence-corrected chi connectivity index (χ2v) is 6.87. The van der Waals surface area contributed by atoms with Crippen LogP contribution in [0.4, 0.5) is 18.9 Å². The molecule has 0 atom stereocenters. The molecule has 0 aliphatic carbocycles. The number of hydrogen-bond acceptors (Lipinski definition) is 3. The average Bonchev–Trinajstić information content (AvgIpc) is 2.11. The third kappa shape index (κ3) is 2.19. The van der Waals surface area contributed by atoms with Gasteiger partial charge in [0.25, 0.3) is 0 Å². The summed E-state index contributed by atoms with van der Waals surface area (Å²) in [7, 11) is -3.95. The SMILES string of the molecule is CC1(C)CS(=O)(=O)c2c(cccc2C(F)(F)F)N1. The number of sulfone groups is 1. The summed E-state index contributed by atoms with van der Waals surface area (Å²) in [5, 5.41) is 2.83. The van der Waals surface area contributed by atoms with Gasteiger partial charge in [-0.3, -0.25) is 0 Å². The van der Waals surface area contributed by atoms with E-state index >= 15 is 0 Å². The van der Waals surface area contributed by atoms with E-state index in [1.807, 2.05) is 0 Å². The van der Waals surface area contributed by atoms with Crippen molar-refractivity contribution in [1.82, 2.24) is 0 Å². The molecule has 1 aromatic rings. The van der Waals surface area contributed by atoms with Gasteiger partial charge in [0.1, 0.15) is 4.90 Å². The quantitative estimate of drug-likeness (QED) is 0.794. The minimum Gasteiger partial charge on any atom is -0.378 e. The summed E-state index contributed by atoms with van der Waals surface area (Å²) in [4.78, 5) is -0.642. The third-order valence-corrected chi connectivity index (χ3v) is 4.82. The Bertz CT molecular complexity index is 591. The first-order chi connectivity index (χ1) is 8.03. The minimum atomic E-state index is -4.68. The van der Waals surface area contributed by atoms with Gasteiger partial charge in [-0.2, -0.15) is 13.2 Å². The molecule has 100 valence electrons. The Hall–Kier alpha value is -1.24. The minimum absolute atomic E-state index is 0.0149. The maximum atomic E-state index is 12.8. The lowest BCUT2D eigenvalue weighted by molar-refractivity contribution is -0.139. The smallest absolute Gasteiger partial charge is 0.378 e. The number of anilines is 1. The standard InChI is InChI=1S/C11H12F3NO2S/c1-10(2)6-18(16,17)9-7(11(12,13)14)4-3-5-8(9)15-10/h3-5,15H,6H2,1-2H3. The van der Waals surface area contributed by atoms with Crippen LogP contribution < -0.4 is 5.32 Å². The van der Waals surface area contributed by atoms with Crippen molar-refractivity contribution in [2.75, 3.05) is 11.1 Å². The fourth-order valence-corrected chi connectivity index (χ4v) is 4.28. The van der Waals surface area contributed by atoms with Gasteiger partial charge in [-0.1, -0.05) is 6.07 Å². The predicted molar refractivity (Wildman–Crippen MR) is 61.2 cm³/mol. The van der Waals surface area contributed by atoms with Crippen LogP contribution in [0.15, 0.2) is 23.1 Å². The first-order valence-electron chi connectivity index (χ1n) is 5.24. The molecule has 0 spiro atoms. The number of fused-ring (bicyclic) bond motifs is 1. The normalized spacial score (nSPS) is 20.9. The molecule has 0 aromatic heterocycles. The summed E-state index contributed by atoms with van der Waals surface area (Å²) in [5.41, 5.74) is -1.88. The van der Waals surface area contributed by atoms with Crippen LogP contribution in [0.3, 0.4) is 0 Å². The van der Waals surface area contributed by atoms with Crippen LogP contribution in [0.5, 0.6) is 0 Å². The number of nitrogens with one attached hydrogen (secondary N) is 1. The Morgan fingerprint density at radius 2 is 1.89 bits per heavy atom. The highest BCUT2D eigenvalue weighted by Gasteiger charge is 2.43. The molecule has 0 saturated heterocycles. The van der Waals surface area contributed by atoms with E-state index in [0.29, 0.717) is 0 Å². The van der Waals surface area contributed by atoms with E-state index in [9.17, 15) is 21.6 Å². The maximum absolute atomic E-state index is 12.8. The van der Waals surface area contributed by atoms with Crippen molar-refractivity contribution in [2.24, 2.45) is 0 Å². The molecule has 0 bridgehead atoms. The molecule has 3 nitrogen and oxygen atoms in total. The molecule has 1 aliphatic heterocycles. The van der Waals surface area contributed by atoms with Crippen LogP contribution in [0.1, 0.15) is 19.4 Å². The van der Waals surface area contributed by atoms with Crippen molar-refractivity contribution < 1.29 is 21.6 Å². The van der Waals surface area contributed by atoms with E-state index in [4.69, 9.17) is 0 Å². The van der Waals surface area contributed by atoms with Gasteiger partial charge in [-0.15, -0.1) is 0 Å². The first kappa shape index (κ1) is 13.2. The van der Waals surface area contributed by atoms with E-state index in [1.54, 1.807) is 13.8 Å². The topological polar surface area (TPSA) is 46.2 Å². The molecule has 1 aromatic carbocycles. The molecule has 0 amide bonds. The van der Waals surface area contributed by atoms with Crippen molar-refractivity contribution in [2.45, 2.75) is 30.5 Å². The second-order valence-electron chi connectivity index (χ2n) is 4.95. The Kier molecular flexibility index (Phi) is 2.66. The van der Waals surface area contributed by atoms with Gasteiger partial charge in [0.05, 0.1) is 17.0 Å². The Morgan fingerprint density at radius 3 is 2.44 bits per heavy atom. The monoisotopic (exact) mass is 279 g/mol. The van der Waals surface area contributed by atoms with Crippen LogP contribution in [-0.4, -0.2) is 19.7 Å². The van der Waals surface area contributed by atoms with Crippen LogP contribution in [0.2, 0.25) is 0 Å². The molecule has 1 heterocycles. The van der Waals surface area contributed by atoms with Gasteiger partial charge >= 0.3 is 6.18 Å². The van der Waals surface area contributed by atoms with E-state index in [0.717, 1.165) is 6.07 Å². The van der Waals surface area contributed by atoms with Gasteiger partial charge in [0, 0.05) is 5.54 Å². The molecule has 0 fully saturated rings. The van der Waals surface area contributed by atoms with Crippen LogP contribution >= 0.6 is 0 Å². The number of rotatable bonds is 0. The Labute approximate surface area is 103 Å². The molecule has 0 radical (unpaired) electrons. The lowest BCUT2D eigenvalue weighted by Gasteiger charge is -2.34. The van der Waals surface area contributed by atoms with E-state index in [2.05, 4.69) is 5.32 Å². The number of benzene rings is 1. The highest BCUT2D eigenvalue weighted by Crippen LogP contribution is 2.41. The van der Waals surface area contributed by atoms with Crippen molar-refractivity contribution in [3.8, 4) is 0 Å². The van der Waals surface area contributed by atoms with Crippen molar-refractivity contribution in [3.63, 3.8) is 0 Å². The molecule has 1 aliphatic rings. The maximum Gasteiger partial charge on any atom is 0.417 e. The second kappa shape index (κ2) is 3.63. The Morgan fingerprint density at radius 1 is 1.28 bits per heavy atom. The summed E-state index contributed by atoms with van der Waals surface area (Å²) >= 11 is 0. The van der Waals surface area contributed by atoms with Crippen LogP contribution in [0.25, 0.3) is 0 Å². The number of alkyl halides is 3. The molecular weight excluding hydrogens is 267 g/mol. The highest BCUT2D eigenvalue weighted by atomic mass is 32.2. The van der Waals surface area contributed by atoms with Crippen LogP contribution in [-0.2, 0) is 16.0 Å². The summed E-state index contributed by atoms with van der Waals surface area (Å²) in [6.45, 7) is 3.27. The number of hydrogen-bond donors (Lipinski definition) is 1. The molecule has 18 heavy (non-hydrogen) atoms. The van der Waals surface area contributed by atoms with Gasteiger partial charge in [0.15, 0.2) is 9.84 Å². The van der Waals surface area contributed by atoms with Crippen molar-refractivity contribution in [3.05, 3.63) is 23.8 Å². The highest BCUT2D eigenvalue weighted by molar-refractivity contribution is 7.91. The molecule has 0 unspecified atom stereocenters. The molecular formula is C11H12F3NO2S. The van der Waals surface area contributed by atoms with Crippen molar-refractivity contribution in [1.29, 1.82) is 0 Å². The third-order valence-electron chi connectivity index (χ3n) is 2.66. The summed E-state index contributed by atoms with van der Waals surface area (Å²) < 4.78 is 62.5. The lowest BCUT2D eigenvalue weighted by Crippen LogP contribution is -2.43. The summed E-state index contributed by atoms with van der Waals surface area (Å²) in [5.74, 6) is -0.361. The number of halogens is 3. The van der Waals surface area contributed by atoms with Crippen molar-refractivity contribution >= 4 is 15.5 Å². The van der Waals surface area contributed by atoms with E-state index in [-0.39, 0.29) is 11.4 Å². The zero-order chi connectivity index (χ0) is 13.8. The lowest BCUT2D eigenvalue weighted by atomic mass is 10.1. The van der Waals surface area contributed by atoms with Gasteiger partial charge in [-0.05, 0) is 26.0 Å². The first-order valence-corrected chi connectivity index (χ1v) is 6.89. The summed E-state index contributed by atoms with van der Waals surface area (Å²) in [6, 6.07) is 3.34. The Balaban J connectivity index is 2.75. The molecule has 2 rings (SSSR count). The van der Waals surface area contributed by atoms with Gasteiger partial charge in [0.2, 0.25) is 0 Å². The van der Waals surface area contributed by atoms with Gasteiger partial charge < -0.3 is 5.32 Å². The summed E-state index contributed by atoms with van der Waals surface area (Å²) in [6.07, 6.45) is -4.68. The molecule has 0 saturated carbocycles. The largest absolute Gasteiger partial charge is 0.417 e. The molecule has 7 heteroatoms. The zero-order valence-corrected chi connectivity index (χ0v) is 10.6. The van der Waals surface area contributed by atoms with E-state index in [1.165, 1.54) is 12.1 Å². The fourth-order valence-electron chi connectivity index (χ4n) is 2.14. The predicted octanol–water partition coefficient (Wildman–Crippen LogP) is 2.68.